The number of nitrogens with two attached hydrogens (primary N) is 1. The Bertz CT molecular complexity index is 748. The van der Waals surface area contributed by atoms with Crippen LogP contribution in [0.1, 0.15) is 78.6 Å². The molecule has 33 heavy (non-hydrogen) atoms. The van der Waals surface area contributed by atoms with Crippen LogP contribution in [0, 0.1) is 52.3 Å². The van der Waals surface area contributed by atoms with Crippen molar-refractivity contribution in [1.29, 1.82) is 0 Å². The van der Waals surface area contributed by atoms with E-state index in [1.165, 1.54) is 0 Å². The zero-order valence-corrected chi connectivity index (χ0v) is 24.1. The van der Waals surface area contributed by atoms with Crippen LogP contribution in [0.2, 0.25) is 0 Å². The van der Waals surface area contributed by atoms with Gasteiger partial charge in [0.05, 0.1) is 18.8 Å². The first kappa shape index (κ1) is 28.2. The number of hydrogen-bond acceptors (Lipinski definition) is 6. The molecule has 0 spiro atoms. The zero-order chi connectivity index (χ0) is 23.4. The number of carboxylic acid groups (broad SMARTS) is 1. The van der Waals surface area contributed by atoms with E-state index in [0.717, 1.165) is 25.7 Å². The average Bonchev–Trinajstić information content (AvgIpc) is 3.09. The van der Waals surface area contributed by atoms with Gasteiger partial charge in [-0.3, -0.25) is 4.79 Å². The molecule has 0 aliphatic heterocycles. The summed E-state index contributed by atoms with van der Waals surface area (Å²) in [7, 11) is 0. The van der Waals surface area contributed by atoms with E-state index >= 15 is 0 Å². The zero-order valence-electron chi connectivity index (χ0n) is 21.0. The molecule has 0 aromatic rings. The van der Waals surface area contributed by atoms with E-state index in [9.17, 15) is 24.9 Å². The van der Waals surface area contributed by atoms with Crippen LogP contribution in [0.4, 0.5) is 0 Å². The number of aliphatic hydroxyl groups excluding tert-OH is 2. The number of aliphatic hydroxyl groups is 2. The first-order chi connectivity index (χ1) is 15.0. The maximum absolute atomic E-state index is 12.9. The van der Waals surface area contributed by atoms with Crippen molar-refractivity contribution in [1.82, 2.24) is 0 Å². The van der Waals surface area contributed by atoms with Gasteiger partial charge in [-0.15, -0.1) is 0 Å². The largest absolute Gasteiger partial charge is 1.00 e. The van der Waals surface area contributed by atoms with Gasteiger partial charge in [0.2, 0.25) is 0 Å². The molecule has 0 saturated heterocycles. The van der Waals surface area contributed by atoms with Crippen LogP contribution in [-0.4, -0.2) is 40.7 Å². The monoisotopic (exact) mass is 487 g/mol. The maximum Gasteiger partial charge on any atom is 1.00 e. The molecule has 0 amide bonds. The van der Waals surface area contributed by atoms with Gasteiger partial charge in [-0.25, -0.2) is 0 Å². The summed E-state index contributed by atoms with van der Waals surface area (Å²) >= 11 is 0. The predicted molar refractivity (Wildman–Crippen MR) is 119 cm³/mol. The molecule has 4 rings (SSSR count). The van der Waals surface area contributed by atoms with Crippen molar-refractivity contribution < 1.29 is 76.3 Å². The van der Waals surface area contributed by atoms with E-state index in [0.29, 0.717) is 43.4 Å². The van der Waals surface area contributed by atoms with Gasteiger partial charge < -0.3 is 25.8 Å². The van der Waals surface area contributed by atoms with E-state index in [1.807, 2.05) is 0 Å². The molecular formula is C26H42KNO5. The summed E-state index contributed by atoms with van der Waals surface area (Å²) in [6.07, 6.45) is 5.85. The smallest absolute Gasteiger partial charge is 0.550 e. The molecule has 6 nitrogen and oxygen atoms in total. The van der Waals surface area contributed by atoms with Crippen molar-refractivity contribution in [2.75, 3.05) is 6.54 Å². The second kappa shape index (κ2) is 10.6. The van der Waals surface area contributed by atoms with Gasteiger partial charge in [-0.05, 0) is 104 Å². The Morgan fingerprint density at radius 3 is 2.42 bits per heavy atom. The summed E-state index contributed by atoms with van der Waals surface area (Å²) in [6.45, 7) is 6.82. The Balaban J connectivity index is 0.00000306. The van der Waals surface area contributed by atoms with E-state index in [4.69, 9.17) is 5.73 Å². The first-order valence-electron chi connectivity index (χ1n) is 12.8. The average molecular weight is 488 g/mol. The van der Waals surface area contributed by atoms with E-state index in [-0.39, 0.29) is 105 Å². The number of fused-ring (bicyclic) bond motifs is 5. The first-order valence-corrected chi connectivity index (χ1v) is 12.8. The third kappa shape index (κ3) is 4.72. The summed E-state index contributed by atoms with van der Waals surface area (Å²) in [6, 6.07) is 0. The van der Waals surface area contributed by atoms with Gasteiger partial charge in [0.1, 0.15) is 5.78 Å². The number of ketones is 1. The number of carbonyl (C=O) groups is 2. The Morgan fingerprint density at radius 2 is 1.79 bits per heavy atom. The quantitative estimate of drug-likeness (QED) is 0.409. The maximum atomic E-state index is 12.9. The van der Waals surface area contributed by atoms with Gasteiger partial charge in [0.25, 0.3) is 0 Å². The SMILES string of the molecule is C[C@H](CCC(=O)[O-])[C@H]1CCC2C3C(CC[C@@]21C)[C@]1(C)C(C[C@@H](O)CC1C(=O)CN)C[C@@H]3O.[K+]. The van der Waals surface area contributed by atoms with Crippen molar-refractivity contribution in [2.24, 2.45) is 58.0 Å². The van der Waals surface area contributed by atoms with Crippen molar-refractivity contribution >= 4 is 11.8 Å². The molecule has 0 aromatic carbocycles. The summed E-state index contributed by atoms with van der Waals surface area (Å²) in [5.74, 6) is 0.592. The van der Waals surface area contributed by atoms with Crippen molar-refractivity contribution in [2.45, 2.75) is 90.8 Å². The number of aliphatic carboxylic acids is 1. The second-order valence-electron chi connectivity index (χ2n) is 12.1. The van der Waals surface area contributed by atoms with Gasteiger partial charge in [-0.1, -0.05) is 20.8 Å². The normalized spacial score (nSPS) is 47.5. The van der Waals surface area contributed by atoms with Crippen molar-refractivity contribution in [3.05, 3.63) is 0 Å². The standard InChI is InChI=1S/C26H43NO5.K/c1-14(4-7-23(31)32)17-5-6-18-24-19(8-9-25(17,18)2)26(3)15(11-21(24)29)10-16(28)12-20(26)22(30)13-27;/h14-21,24,28-29H,4-13,27H2,1-3H3,(H,31,32);/q;+1/p-1/t14-,15?,16-,17-,18?,19?,20?,21+,24?,25-,26+;/m1./s1. The third-order valence-corrected chi connectivity index (χ3v) is 11.0. The minimum absolute atomic E-state index is 0. The minimum Gasteiger partial charge on any atom is -0.550 e. The Morgan fingerprint density at radius 1 is 1.09 bits per heavy atom. The van der Waals surface area contributed by atoms with E-state index in [1.54, 1.807) is 0 Å². The molecule has 4 N–H and O–H groups in total. The summed E-state index contributed by atoms with van der Waals surface area (Å²) < 4.78 is 0. The van der Waals surface area contributed by atoms with Crippen LogP contribution in [0.25, 0.3) is 0 Å². The molecule has 4 aliphatic rings. The second-order valence-corrected chi connectivity index (χ2v) is 12.1. The molecule has 0 bridgehead atoms. The fraction of sp³-hybridized carbons (Fsp3) is 0.923. The fourth-order valence-corrected chi connectivity index (χ4v) is 9.45. The van der Waals surface area contributed by atoms with Crippen LogP contribution in [0.15, 0.2) is 0 Å². The van der Waals surface area contributed by atoms with Gasteiger partial charge in [-0.2, -0.15) is 0 Å². The fourth-order valence-electron chi connectivity index (χ4n) is 9.45. The molecule has 4 saturated carbocycles. The van der Waals surface area contributed by atoms with Crippen LogP contribution < -0.4 is 62.2 Å². The topological polar surface area (TPSA) is 124 Å². The van der Waals surface area contributed by atoms with Crippen molar-refractivity contribution in [3.63, 3.8) is 0 Å². The molecule has 4 fully saturated rings. The van der Waals surface area contributed by atoms with Gasteiger partial charge in [0, 0.05) is 11.9 Å². The van der Waals surface area contributed by atoms with E-state index in [2.05, 4.69) is 20.8 Å². The van der Waals surface area contributed by atoms with Crippen LogP contribution in [0.3, 0.4) is 0 Å². The Hall–Kier alpha value is 0.656. The molecular weight excluding hydrogens is 445 g/mol. The van der Waals surface area contributed by atoms with Gasteiger partial charge in [0.15, 0.2) is 0 Å². The number of rotatable bonds is 6. The minimum atomic E-state index is -0.975. The molecule has 7 heteroatoms. The predicted octanol–water partition coefficient (Wildman–Crippen LogP) is -1.10. The van der Waals surface area contributed by atoms with Crippen molar-refractivity contribution in [3.8, 4) is 0 Å². The molecule has 0 radical (unpaired) electrons. The number of Topliss-reactive ketones (excluding diaryl/α,β-unsaturated/α-hetero) is 1. The molecule has 5 unspecified atom stereocenters. The Kier molecular flexibility index (Phi) is 9.04. The third-order valence-electron chi connectivity index (χ3n) is 11.0. The molecule has 0 aromatic heterocycles. The number of carboxylic acids is 1. The van der Waals surface area contributed by atoms with Gasteiger partial charge >= 0.3 is 51.4 Å². The van der Waals surface area contributed by atoms with Crippen LogP contribution >= 0.6 is 0 Å². The summed E-state index contributed by atoms with van der Waals surface area (Å²) in [5.41, 5.74) is 5.68. The summed E-state index contributed by atoms with van der Waals surface area (Å²) in [5, 5.41) is 32.9. The molecule has 11 atom stereocenters. The molecule has 182 valence electrons. The number of carbonyl (C=O) groups excluding carboxylic acids is 2. The van der Waals surface area contributed by atoms with E-state index < -0.39 is 18.2 Å². The molecule has 0 heterocycles. The summed E-state index contributed by atoms with van der Waals surface area (Å²) in [4.78, 5) is 24.0. The number of hydrogen-bond donors (Lipinski definition) is 3. The Labute approximate surface area is 241 Å². The van der Waals surface area contributed by atoms with Crippen LogP contribution in [0.5, 0.6) is 0 Å². The van der Waals surface area contributed by atoms with Crippen LogP contribution in [-0.2, 0) is 9.59 Å². The molecule has 4 aliphatic carbocycles.